The molecular weight excluding hydrogens is 601 g/mol. The van der Waals surface area contributed by atoms with Gasteiger partial charge in [0.25, 0.3) is 0 Å². The first-order valence-corrected chi connectivity index (χ1v) is 16.1. The van der Waals surface area contributed by atoms with Crippen molar-refractivity contribution in [1.82, 2.24) is 9.13 Å². The van der Waals surface area contributed by atoms with Crippen LogP contribution in [0.3, 0.4) is 0 Å². The molecule has 0 spiro atoms. The smallest absolute Gasteiger partial charge is 0.145 e. The molecule has 0 bridgehead atoms. The Morgan fingerprint density at radius 1 is 0.429 bits per heavy atom. The molecule has 49 heavy (non-hydrogen) atoms. The zero-order valence-electron chi connectivity index (χ0n) is 26.1. The van der Waals surface area contributed by atoms with E-state index in [1.54, 1.807) is 0 Å². The van der Waals surface area contributed by atoms with Gasteiger partial charge in [-0.1, -0.05) is 66.7 Å². The predicted molar refractivity (Wildman–Crippen MR) is 197 cm³/mol. The number of nitrogens with zero attached hydrogens (tertiary/aromatic N) is 4. The highest BCUT2D eigenvalue weighted by molar-refractivity contribution is 6.23. The van der Waals surface area contributed by atoms with Crippen molar-refractivity contribution in [2.24, 2.45) is 0 Å². The van der Waals surface area contributed by atoms with Crippen LogP contribution in [0.5, 0.6) is 0 Å². The summed E-state index contributed by atoms with van der Waals surface area (Å²) >= 11 is 0. The van der Waals surface area contributed by atoms with Gasteiger partial charge < -0.3 is 13.6 Å². The number of rotatable bonds is 3. The van der Waals surface area contributed by atoms with Gasteiger partial charge in [0, 0.05) is 38.3 Å². The van der Waals surface area contributed by atoms with Crippen molar-refractivity contribution >= 4 is 65.6 Å². The molecule has 10 rings (SSSR count). The lowest BCUT2D eigenvalue weighted by Gasteiger charge is -2.13. The molecule has 3 heterocycles. The average Bonchev–Trinajstić information content (AvgIpc) is 3.82. The molecule has 5 nitrogen and oxygen atoms in total. The van der Waals surface area contributed by atoms with Gasteiger partial charge in [0.2, 0.25) is 0 Å². The van der Waals surface area contributed by atoms with E-state index in [1.807, 2.05) is 54.6 Å². The van der Waals surface area contributed by atoms with E-state index in [-0.39, 0.29) is 0 Å². The van der Waals surface area contributed by atoms with Crippen LogP contribution in [-0.2, 0) is 0 Å². The van der Waals surface area contributed by atoms with E-state index in [4.69, 9.17) is 4.42 Å². The Kier molecular flexibility index (Phi) is 5.64. The van der Waals surface area contributed by atoms with Gasteiger partial charge in [-0.3, -0.25) is 0 Å². The Bertz CT molecular complexity index is 3070. The highest BCUT2D eigenvalue weighted by Crippen LogP contribution is 2.41. The molecule has 0 aliphatic carbocycles. The number of aromatic nitrogens is 2. The van der Waals surface area contributed by atoms with Gasteiger partial charge in [0.05, 0.1) is 50.7 Å². The number of fused-ring (bicyclic) bond motifs is 10. The van der Waals surface area contributed by atoms with E-state index in [0.29, 0.717) is 11.1 Å². The minimum atomic E-state index is 0.577. The number of furan rings is 1. The molecule has 7 aromatic carbocycles. The van der Waals surface area contributed by atoms with Crippen LogP contribution in [0.4, 0.5) is 0 Å². The predicted octanol–water partition coefficient (Wildman–Crippen LogP) is 11.2. The standard InChI is InChI=1S/C44H24N4O/c45-25-27-13-19-40-37(23-27)33-7-1-4-10-38(33)48(40)32-22-28(26-46)21-30(24-32)29-14-16-31(17-15-29)47-39-11-5-2-9-36(39)43-41(47)20-18-35-34-8-3-6-12-42(34)49-44(35)43/h1-24H. The third kappa shape index (κ3) is 3.91. The van der Waals surface area contributed by atoms with Crippen LogP contribution in [-0.4, -0.2) is 9.13 Å². The van der Waals surface area contributed by atoms with Gasteiger partial charge in [0.1, 0.15) is 11.2 Å². The molecule has 0 amide bonds. The average molecular weight is 625 g/mol. The van der Waals surface area contributed by atoms with Crippen molar-refractivity contribution < 1.29 is 4.42 Å². The SMILES string of the molecule is N#Cc1cc(-c2ccc(-n3c4ccccc4c4c5oc6ccccc6c5ccc43)cc2)cc(-n2c3ccccc3c3cc(C#N)ccc32)c1. The Hall–Kier alpha value is -7.08. The number of hydrogen-bond acceptors (Lipinski definition) is 3. The summed E-state index contributed by atoms with van der Waals surface area (Å²) in [6, 6.07) is 54.2. The third-order valence-electron chi connectivity index (χ3n) is 9.75. The first kappa shape index (κ1) is 27.1. The van der Waals surface area contributed by atoms with E-state index in [0.717, 1.165) is 88.1 Å². The zero-order valence-corrected chi connectivity index (χ0v) is 26.1. The van der Waals surface area contributed by atoms with Gasteiger partial charge in [-0.2, -0.15) is 10.5 Å². The Balaban J connectivity index is 1.14. The van der Waals surface area contributed by atoms with Crippen molar-refractivity contribution in [1.29, 1.82) is 10.5 Å². The second kappa shape index (κ2) is 10.2. The lowest BCUT2D eigenvalue weighted by atomic mass is 10.0. The number of para-hydroxylation sites is 3. The Morgan fingerprint density at radius 2 is 1.08 bits per heavy atom. The normalized spacial score (nSPS) is 11.6. The minimum absolute atomic E-state index is 0.577. The van der Waals surface area contributed by atoms with Gasteiger partial charge in [-0.15, -0.1) is 0 Å². The number of benzene rings is 7. The van der Waals surface area contributed by atoms with Gasteiger partial charge in [0.15, 0.2) is 0 Å². The van der Waals surface area contributed by atoms with E-state index in [1.165, 1.54) is 0 Å². The maximum atomic E-state index is 10.1. The second-order valence-corrected chi connectivity index (χ2v) is 12.4. The molecule has 0 atom stereocenters. The Labute approximate surface area is 280 Å². The lowest BCUT2D eigenvalue weighted by molar-refractivity contribution is 0.673. The topological polar surface area (TPSA) is 70.6 Å². The highest BCUT2D eigenvalue weighted by atomic mass is 16.3. The zero-order chi connectivity index (χ0) is 32.6. The fourth-order valence-corrected chi connectivity index (χ4v) is 7.61. The van der Waals surface area contributed by atoms with E-state index in [2.05, 4.69) is 112 Å². The molecule has 3 aromatic heterocycles. The molecule has 0 aliphatic rings. The molecule has 0 unspecified atom stereocenters. The van der Waals surface area contributed by atoms with Gasteiger partial charge in [-0.05, 0) is 90.0 Å². The van der Waals surface area contributed by atoms with Crippen molar-refractivity contribution in [2.45, 2.75) is 0 Å². The second-order valence-electron chi connectivity index (χ2n) is 12.4. The van der Waals surface area contributed by atoms with Crippen molar-refractivity contribution in [3.63, 3.8) is 0 Å². The molecule has 0 aliphatic heterocycles. The van der Waals surface area contributed by atoms with Crippen LogP contribution in [0.1, 0.15) is 11.1 Å². The fourth-order valence-electron chi connectivity index (χ4n) is 7.61. The van der Waals surface area contributed by atoms with Crippen LogP contribution in [0.2, 0.25) is 0 Å². The lowest BCUT2D eigenvalue weighted by Crippen LogP contribution is -1.96. The van der Waals surface area contributed by atoms with Crippen molar-refractivity contribution in [3.8, 4) is 34.6 Å². The maximum absolute atomic E-state index is 10.1. The first-order valence-electron chi connectivity index (χ1n) is 16.1. The van der Waals surface area contributed by atoms with Crippen LogP contribution in [0, 0.1) is 22.7 Å². The number of hydrogen-bond donors (Lipinski definition) is 0. The van der Waals surface area contributed by atoms with Crippen molar-refractivity contribution in [2.75, 3.05) is 0 Å². The minimum Gasteiger partial charge on any atom is -0.455 e. The molecule has 0 saturated heterocycles. The van der Waals surface area contributed by atoms with E-state index in [9.17, 15) is 10.5 Å². The molecule has 10 aromatic rings. The summed E-state index contributed by atoms with van der Waals surface area (Å²) in [4.78, 5) is 0. The molecule has 0 fully saturated rings. The fraction of sp³-hybridized carbons (Fsp3) is 0. The Morgan fingerprint density at radius 3 is 1.88 bits per heavy atom. The van der Waals surface area contributed by atoms with Crippen LogP contribution >= 0.6 is 0 Å². The van der Waals surface area contributed by atoms with Crippen LogP contribution in [0.15, 0.2) is 150 Å². The summed E-state index contributed by atoms with van der Waals surface area (Å²) in [5.41, 5.74) is 11.1. The van der Waals surface area contributed by atoms with Crippen LogP contribution < -0.4 is 0 Å². The van der Waals surface area contributed by atoms with Crippen molar-refractivity contribution in [3.05, 3.63) is 157 Å². The van der Waals surface area contributed by atoms with Gasteiger partial charge in [-0.25, -0.2) is 0 Å². The van der Waals surface area contributed by atoms with Crippen LogP contribution in [0.25, 0.3) is 88.1 Å². The largest absolute Gasteiger partial charge is 0.455 e. The first-order chi connectivity index (χ1) is 24.2. The summed E-state index contributed by atoms with van der Waals surface area (Å²) in [5.74, 6) is 0. The van der Waals surface area contributed by atoms with E-state index < -0.39 is 0 Å². The summed E-state index contributed by atoms with van der Waals surface area (Å²) in [7, 11) is 0. The highest BCUT2D eigenvalue weighted by Gasteiger charge is 2.19. The summed E-state index contributed by atoms with van der Waals surface area (Å²) in [5, 5.41) is 26.2. The summed E-state index contributed by atoms with van der Waals surface area (Å²) in [6.07, 6.45) is 0. The molecule has 0 radical (unpaired) electrons. The summed E-state index contributed by atoms with van der Waals surface area (Å²) in [6.45, 7) is 0. The molecule has 0 saturated carbocycles. The van der Waals surface area contributed by atoms with E-state index >= 15 is 0 Å². The maximum Gasteiger partial charge on any atom is 0.145 e. The summed E-state index contributed by atoms with van der Waals surface area (Å²) < 4.78 is 11.0. The quantitative estimate of drug-likeness (QED) is 0.196. The molecular formula is C44H24N4O. The van der Waals surface area contributed by atoms with Gasteiger partial charge >= 0.3 is 0 Å². The monoisotopic (exact) mass is 624 g/mol. The number of nitriles is 2. The third-order valence-corrected chi connectivity index (χ3v) is 9.75. The molecule has 5 heteroatoms. The molecule has 0 N–H and O–H groups in total. The molecule has 226 valence electrons.